The van der Waals surface area contributed by atoms with Crippen LogP contribution in [0.1, 0.15) is 5.56 Å². The summed E-state index contributed by atoms with van der Waals surface area (Å²) in [5, 5.41) is 3.69. The van der Waals surface area contributed by atoms with Crippen molar-refractivity contribution in [2.24, 2.45) is 4.99 Å². The van der Waals surface area contributed by atoms with Crippen LogP contribution in [0.3, 0.4) is 0 Å². The molecule has 0 aromatic heterocycles. The fourth-order valence-electron chi connectivity index (χ4n) is 2.51. The molecule has 0 amide bonds. The quantitative estimate of drug-likeness (QED) is 0.771. The molecule has 1 N–H and O–H groups in total. The van der Waals surface area contributed by atoms with Crippen molar-refractivity contribution in [2.75, 3.05) is 11.9 Å². The molecule has 3 rings (SSSR count). The smallest absolute Gasteiger partial charge is 0.406 e. The fourth-order valence-corrected chi connectivity index (χ4v) is 2.78. The van der Waals surface area contributed by atoms with Crippen LogP contribution in [0.15, 0.2) is 41.9 Å². The third-order valence-electron chi connectivity index (χ3n) is 3.48. The van der Waals surface area contributed by atoms with Crippen LogP contribution in [-0.2, 0) is 0 Å². The van der Waals surface area contributed by atoms with E-state index in [0.717, 1.165) is 11.3 Å². The van der Waals surface area contributed by atoms with Crippen molar-refractivity contribution < 1.29 is 17.9 Å². The average molecular weight is 353 g/mol. The van der Waals surface area contributed by atoms with Gasteiger partial charge in [-0.1, -0.05) is 36.4 Å². The molecular weight excluding hydrogens is 341 g/mol. The van der Waals surface area contributed by atoms with Crippen LogP contribution < -0.4 is 10.1 Å². The summed E-state index contributed by atoms with van der Waals surface area (Å²) in [7, 11) is 0. The first-order chi connectivity index (χ1) is 11.4. The minimum atomic E-state index is -4.72. The minimum Gasteiger partial charge on any atom is -0.406 e. The number of nitrogens with one attached hydrogen (secondary N) is 1. The monoisotopic (exact) mass is 352 g/mol. The maximum Gasteiger partial charge on any atom is 0.573 e. The summed E-state index contributed by atoms with van der Waals surface area (Å²) in [5.74, 6) is -0.278. The summed E-state index contributed by atoms with van der Waals surface area (Å²) in [4.78, 5) is 4.36. The molecule has 0 unspecified atom stereocenters. The van der Waals surface area contributed by atoms with Crippen molar-refractivity contribution in [3.63, 3.8) is 0 Å². The minimum absolute atomic E-state index is 0.278. The Labute approximate surface area is 141 Å². The van der Waals surface area contributed by atoms with Crippen molar-refractivity contribution in [1.29, 1.82) is 0 Å². The Bertz CT molecular complexity index is 814. The predicted octanol–water partition coefficient (Wildman–Crippen LogP) is 5.68. The standard InChI is InChI=1S/C17H12ClF3N2O/c1-2-12-14(18)9-13(16-15(12)22-7-8-23-16)10-3-5-11(6-4-10)24-17(19,20)21/h2-7,9,23H,1,8H2. The van der Waals surface area contributed by atoms with E-state index in [1.807, 2.05) is 0 Å². The zero-order valence-electron chi connectivity index (χ0n) is 12.3. The van der Waals surface area contributed by atoms with Gasteiger partial charge in [0.05, 0.1) is 22.9 Å². The highest BCUT2D eigenvalue weighted by atomic mass is 35.5. The third kappa shape index (κ3) is 3.23. The van der Waals surface area contributed by atoms with Gasteiger partial charge in [-0.2, -0.15) is 0 Å². The second-order valence-corrected chi connectivity index (χ2v) is 5.42. The van der Waals surface area contributed by atoms with Crippen LogP contribution in [0.2, 0.25) is 5.02 Å². The van der Waals surface area contributed by atoms with Gasteiger partial charge >= 0.3 is 6.36 Å². The molecule has 0 saturated carbocycles. The highest BCUT2D eigenvalue weighted by Gasteiger charge is 2.31. The van der Waals surface area contributed by atoms with Gasteiger partial charge in [0.25, 0.3) is 0 Å². The van der Waals surface area contributed by atoms with Crippen LogP contribution in [0.4, 0.5) is 24.5 Å². The summed E-state index contributed by atoms with van der Waals surface area (Å²) in [6.45, 7) is 4.29. The number of hydrogen-bond donors (Lipinski definition) is 1. The van der Waals surface area contributed by atoms with E-state index in [-0.39, 0.29) is 5.75 Å². The molecule has 0 saturated heterocycles. The lowest BCUT2D eigenvalue weighted by Gasteiger charge is -2.20. The number of ether oxygens (including phenoxy) is 1. The van der Waals surface area contributed by atoms with Gasteiger partial charge in [-0.3, -0.25) is 4.99 Å². The van der Waals surface area contributed by atoms with Gasteiger partial charge in [0.1, 0.15) is 5.75 Å². The molecule has 0 atom stereocenters. The number of hydrogen-bond acceptors (Lipinski definition) is 3. The normalized spacial score (nSPS) is 13.2. The third-order valence-corrected chi connectivity index (χ3v) is 3.80. The van der Waals surface area contributed by atoms with E-state index in [9.17, 15) is 13.2 Å². The van der Waals surface area contributed by atoms with E-state index in [1.54, 1.807) is 30.5 Å². The van der Waals surface area contributed by atoms with Crippen LogP contribution in [0, 0.1) is 0 Å². The Balaban J connectivity index is 2.05. The van der Waals surface area contributed by atoms with E-state index >= 15 is 0 Å². The molecule has 7 heteroatoms. The zero-order chi connectivity index (χ0) is 17.3. The largest absolute Gasteiger partial charge is 0.573 e. The van der Waals surface area contributed by atoms with E-state index in [2.05, 4.69) is 21.6 Å². The Hall–Kier alpha value is -2.47. The highest BCUT2D eigenvalue weighted by molar-refractivity contribution is 6.33. The summed E-state index contributed by atoms with van der Waals surface area (Å²) in [6.07, 6.45) is -1.38. The number of nitrogens with zero attached hydrogens (tertiary/aromatic N) is 1. The van der Waals surface area contributed by atoms with E-state index in [0.29, 0.717) is 28.4 Å². The Morgan fingerprint density at radius 1 is 1.25 bits per heavy atom. The second kappa shape index (κ2) is 6.20. The average Bonchev–Trinajstić information content (AvgIpc) is 2.53. The van der Waals surface area contributed by atoms with Crippen molar-refractivity contribution in [1.82, 2.24) is 0 Å². The fraction of sp³-hybridized carbons (Fsp3) is 0.118. The van der Waals surface area contributed by atoms with Crippen molar-refractivity contribution in [2.45, 2.75) is 6.36 Å². The Morgan fingerprint density at radius 2 is 1.96 bits per heavy atom. The summed E-state index contributed by atoms with van der Waals surface area (Å²) < 4.78 is 40.6. The van der Waals surface area contributed by atoms with Crippen LogP contribution in [-0.4, -0.2) is 19.1 Å². The molecule has 1 heterocycles. The van der Waals surface area contributed by atoms with Gasteiger partial charge in [-0.15, -0.1) is 13.2 Å². The number of aliphatic imine (C=N–C) groups is 1. The number of rotatable bonds is 3. The number of fused-ring (bicyclic) bond motifs is 1. The van der Waals surface area contributed by atoms with Gasteiger partial charge in [0.15, 0.2) is 0 Å². The van der Waals surface area contributed by atoms with E-state index in [1.165, 1.54) is 12.1 Å². The Kier molecular flexibility index (Phi) is 4.24. The number of anilines is 1. The molecular formula is C17H12ClF3N2O. The first-order valence-corrected chi connectivity index (χ1v) is 7.38. The molecule has 0 aliphatic carbocycles. The van der Waals surface area contributed by atoms with Crippen molar-refractivity contribution >= 4 is 35.3 Å². The second-order valence-electron chi connectivity index (χ2n) is 5.01. The summed E-state index contributed by atoms with van der Waals surface area (Å²) in [6, 6.07) is 7.35. The van der Waals surface area contributed by atoms with Gasteiger partial charge in [0.2, 0.25) is 0 Å². The lowest BCUT2D eigenvalue weighted by molar-refractivity contribution is -0.274. The summed E-state index contributed by atoms with van der Waals surface area (Å²) in [5.41, 5.74) is 3.57. The van der Waals surface area contributed by atoms with Crippen molar-refractivity contribution in [3.8, 4) is 16.9 Å². The molecule has 124 valence electrons. The first kappa shape index (κ1) is 16.4. The molecule has 3 nitrogen and oxygen atoms in total. The lowest BCUT2D eigenvalue weighted by Crippen LogP contribution is -2.16. The molecule has 2 aromatic carbocycles. The molecule has 0 bridgehead atoms. The maximum absolute atomic E-state index is 12.3. The molecule has 0 fully saturated rings. The van der Waals surface area contributed by atoms with E-state index in [4.69, 9.17) is 11.6 Å². The zero-order valence-corrected chi connectivity index (χ0v) is 13.1. The van der Waals surface area contributed by atoms with E-state index < -0.39 is 6.36 Å². The van der Waals surface area contributed by atoms with Gasteiger partial charge < -0.3 is 10.1 Å². The molecule has 1 aliphatic rings. The molecule has 0 radical (unpaired) electrons. The lowest BCUT2D eigenvalue weighted by atomic mass is 9.98. The number of alkyl halides is 3. The van der Waals surface area contributed by atoms with Gasteiger partial charge in [-0.25, -0.2) is 0 Å². The highest BCUT2D eigenvalue weighted by Crippen LogP contribution is 2.44. The predicted molar refractivity (Wildman–Crippen MR) is 90.3 cm³/mol. The first-order valence-electron chi connectivity index (χ1n) is 7.00. The SMILES string of the molecule is C=Cc1c(Cl)cc(-c2ccc(OC(F)(F)F)cc2)c2c1N=CCN2. The summed E-state index contributed by atoms with van der Waals surface area (Å²) >= 11 is 6.29. The molecule has 0 spiro atoms. The molecule has 1 aliphatic heterocycles. The number of benzene rings is 2. The van der Waals surface area contributed by atoms with Crippen LogP contribution in [0.5, 0.6) is 5.75 Å². The van der Waals surface area contributed by atoms with Gasteiger partial charge in [0, 0.05) is 17.3 Å². The topological polar surface area (TPSA) is 33.6 Å². The molecule has 24 heavy (non-hydrogen) atoms. The van der Waals surface area contributed by atoms with Crippen molar-refractivity contribution in [3.05, 3.63) is 47.5 Å². The maximum atomic E-state index is 12.3. The molecule has 2 aromatic rings. The van der Waals surface area contributed by atoms with Crippen LogP contribution in [0.25, 0.3) is 17.2 Å². The Morgan fingerprint density at radius 3 is 2.58 bits per heavy atom. The number of halogens is 4. The van der Waals surface area contributed by atoms with Crippen LogP contribution >= 0.6 is 11.6 Å². The van der Waals surface area contributed by atoms with Gasteiger partial charge in [-0.05, 0) is 23.8 Å².